The van der Waals surface area contributed by atoms with Gasteiger partial charge in [0, 0.05) is 62.7 Å². The lowest BCUT2D eigenvalue weighted by molar-refractivity contribution is -0.384. The van der Waals surface area contributed by atoms with Crippen molar-refractivity contribution in [1.82, 2.24) is 19.7 Å². The molecule has 0 spiro atoms. The zero-order valence-electron chi connectivity index (χ0n) is 17.2. The monoisotopic (exact) mass is 408 g/mol. The van der Waals surface area contributed by atoms with Gasteiger partial charge in [0.15, 0.2) is 11.6 Å². The van der Waals surface area contributed by atoms with E-state index >= 15 is 0 Å². The molecule has 10 nitrogen and oxygen atoms in total. The summed E-state index contributed by atoms with van der Waals surface area (Å²) in [6, 6.07) is 8.27. The molecule has 1 aliphatic heterocycles. The normalized spacial score (nSPS) is 14.2. The third-order valence-corrected chi connectivity index (χ3v) is 5.32. The summed E-state index contributed by atoms with van der Waals surface area (Å²) in [4.78, 5) is 24.2. The highest BCUT2D eigenvalue weighted by Crippen LogP contribution is 2.28. The van der Waals surface area contributed by atoms with Crippen LogP contribution >= 0.6 is 0 Å². The van der Waals surface area contributed by atoms with Crippen molar-refractivity contribution in [2.75, 3.05) is 41.7 Å². The molecule has 0 amide bonds. The molecule has 3 aromatic rings. The van der Waals surface area contributed by atoms with Gasteiger partial charge in [-0.2, -0.15) is 5.10 Å². The largest absolute Gasteiger partial charge is 0.394 e. The highest BCUT2D eigenvalue weighted by molar-refractivity contribution is 5.67. The first-order chi connectivity index (χ1) is 14.3. The quantitative estimate of drug-likeness (QED) is 0.516. The van der Waals surface area contributed by atoms with Gasteiger partial charge in [0.25, 0.3) is 5.69 Å². The molecule has 0 bridgehead atoms. The standard InChI is InChI=1S/C20H24N8O2/c1-13-12-17(23-19(22-13)15-4-6-16(7-5-15)28(29)30)26-8-10-27(11-9-26)20-18(21)14(2)24-25(20)3/h4-7,12H,8-11,21H2,1-3H3. The number of benzene rings is 1. The van der Waals surface area contributed by atoms with E-state index in [2.05, 4.69) is 19.9 Å². The summed E-state index contributed by atoms with van der Waals surface area (Å²) in [5, 5.41) is 15.3. The first kappa shape index (κ1) is 19.6. The summed E-state index contributed by atoms with van der Waals surface area (Å²) in [6.45, 7) is 7.03. The van der Waals surface area contributed by atoms with Gasteiger partial charge in [-0.05, 0) is 26.0 Å². The van der Waals surface area contributed by atoms with Crippen LogP contribution in [0.25, 0.3) is 11.4 Å². The topological polar surface area (TPSA) is 119 Å². The molecule has 1 aromatic carbocycles. The average molecular weight is 408 g/mol. The zero-order chi connectivity index (χ0) is 21.4. The second-order valence-electron chi connectivity index (χ2n) is 7.42. The van der Waals surface area contributed by atoms with Crippen LogP contribution in [0.2, 0.25) is 0 Å². The second-order valence-corrected chi connectivity index (χ2v) is 7.42. The van der Waals surface area contributed by atoms with E-state index in [9.17, 15) is 10.1 Å². The fourth-order valence-corrected chi connectivity index (χ4v) is 3.76. The molecule has 0 atom stereocenters. The highest BCUT2D eigenvalue weighted by Gasteiger charge is 2.24. The lowest BCUT2D eigenvalue weighted by Gasteiger charge is -2.36. The molecule has 0 unspecified atom stereocenters. The zero-order valence-corrected chi connectivity index (χ0v) is 17.2. The van der Waals surface area contributed by atoms with Crippen LogP contribution in [-0.4, -0.2) is 50.9 Å². The van der Waals surface area contributed by atoms with Gasteiger partial charge in [-0.15, -0.1) is 0 Å². The highest BCUT2D eigenvalue weighted by atomic mass is 16.6. The molecule has 1 fully saturated rings. The first-order valence-electron chi connectivity index (χ1n) is 9.73. The van der Waals surface area contributed by atoms with Crippen LogP contribution in [0.3, 0.4) is 0 Å². The van der Waals surface area contributed by atoms with Crippen molar-refractivity contribution >= 4 is 23.0 Å². The second kappa shape index (κ2) is 7.62. The van der Waals surface area contributed by atoms with E-state index in [-0.39, 0.29) is 5.69 Å². The van der Waals surface area contributed by atoms with E-state index in [0.717, 1.165) is 60.5 Å². The van der Waals surface area contributed by atoms with Gasteiger partial charge in [-0.25, -0.2) is 9.97 Å². The maximum absolute atomic E-state index is 10.9. The molecular formula is C20H24N8O2. The summed E-state index contributed by atoms with van der Waals surface area (Å²) >= 11 is 0. The van der Waals surface area contributed by atoms with Crippen molar-refractivity contribution in [3.05, 3.63) is 51.8 Å². The Hall–Kier alpha value is -3.69. The number of piperazine rings is 1. The van der Waals surface area contributed by atoms with Gasteiger partial charge in [0.2, 0.25) is 0 Å². The Morgan fingerprint density at radius 1 is 1.03 bits per heavy atom. The van der Waals surface area contributed by atoms with Gasteiger partial charge in [-0.1, -0.05) is 0 Å². The van der Waals surface area contributed by atoms with Crippen molar-refractivity contribution < 1.29 is 4.92 Å². The van der Waals surface area contributed by atoms with Crippen LogP contribution in [0.15, 0.2) is 30.3 Å². The number of nitrogens with zero attached hydrogens (tertiary/aromatic N) is 7. The van der Waals surface area contributed by atoms with E-state index in [1.807, 2.05) is 31.6 Å². The van der Waals surface area contributed by atoms with E-state index in [0.29, 0.717) is 5.82 Å². The molecule has 4 rings (SSSR count). The van der Waals surface area contributed by atoms with Gasteiger partial charge < -0.3 is 15.5 Å². The smallest absolute Gasteiger partial charge is 0.269 e. The number of nitrogen functional groups attached to an aromatic ring is 1. The van der Waals surface area contributed by atoms with Gasteiger partial charge in [-0.3, -0.25) is 14.8 Å². The number of non-ortho nitro benzene ring substituents is 1. The lowest BCUT2D eigenvalue weighted by Crippen LogP contribution is -2.47. The fourth-order valence-electron chi connectivity index (χ4n) is 3.76. The minimum absolute atomic E-state index is 0.0485. The molecule has 2 aromatic heterocycles. The number of hydrogen-bond donors (Lipinski definition) is 1. The fraction of sp³-hybridized carbons (Fsp3) is 0.350. The number of aromatic nitrogens is 4. The number of aryl methyl sites for hydroxylation is 3. The van der Waals surface area contributed by atoms with Crippen LogP contribution in [0.4, 0.5) is 23.0 Å². The molecule has 0 aliphatic carbocycles. The number of nitrogens with two attached hydrogens (primary N) is 1. The van der Waals surface area contributed by atoms with Crippen LogP contribution < -0.4 is 15.5 Å². The van der Waals surface area contributed by atoms with Crippen LogP contribution in [0, 0.1) is 24.0 Å². The third-order valence-electron chi connectivity index (χ3n) is 5.32. The summed E-state index contributed by atoms with van der Waals surface area (Å²) in [5.74, 6) is 2.37. The number of rotatable bonds is 4. The van der Waals surface area contributed by atoms with Gasteiger partial charge in [0.1, 0.15) is 5.82 Å². The number of nitro benzene ring substituents is 1. The predicted molar refractivity (Wildman–Crippen MR) is 116 cm³/mol. The van der Waals surface area contributed by atoms with Crippen molar-refractivity contribution in [3.8, 4) is 11.4 Å². The molecule has 30 heavy (non-hydrogen) atoms. The lowest BCUT2D eigenvalue weighted by atomic mass is 10.2. The molecule has 1 saturated heterocycles. The number of anilines is 3. The Morgan fingerprint density at radius 2 is 1.67 bits per heavy atom. The SMILES string of the molecule is Cc1cc(N2CCN(c3c(N)c(C)nn3C)CC2)nc(-c2ccc([N+](=O)[O-])cc2)n1. The Morgan fingerprint density at radius 3 is 2.23 bits per heavy atom. The minimum atomic E-state index is -0.414. The van der Waals surface area contributed by atoms with Gasteiger partial charge in [0.05, 0.1) is 16.3 Å². The average Bonchev–Trinajstić information content (AvgIpc) is 2.99. The van der Waals surface area contributed by atoms with E-state index in [4.69, 9.17) is 10.7 Å². The van der Waals surface area contributed by atoms with Crippen molar-refractivity contribution in [3.63, 3.8) is 0 Å². The Labute approximate surface area is 174 Å². The van der Waals surface area contributed by atoms with E-state index in [1.165, 1.54) is 12.1 Å². The van der Waals surface area contributed by atoms with Crippen LogP contribution in [0.5, 0.6) is 0 Å². The molecule has 2 N–H and O–H groups in total. The summed E-state index contributed by atoms with van der Waals surface area (Å²) in [5.41, 5.74) is 9.43. The van der Waals surface area contributed by atoms with Crippen molar-refractivity contribution in [1.29, 1.82) is 0 Å². The summed E-state index contributed by atoms with van der Waals surface area (Å²) in [7, 11) is 1.91. The molecular weight excluding hydrogens is 384 g/mol. The Balaban J connectivity index is 1.53. The summed E-state index contributed by atoms with van der Waals surface area (Å²) < 4.78 is 1.84. The number of hydrogen-bond acceptors (Lipinski definition) is 8. The van der Waals surface area contributed by atoms with Crippen molar-refractivity contribution in [2.45, 2.75) is 13.8 Å². The Bertz CT molecular complexity index is 1080. The van der Waals surface area contributed by atoms with E-state index < -0.39 is 4.92 Å². The van der Waals surface area contributed by atoms with Crippen LogP contribution in [0.1, 0.15) is 11.4 Å². The molecule has 10 heteroatoms. The van der Waals surface area contributed by atoms with Crippen molar-refractivity contribution in [2.24, 2.45) is 7.05 Å². The summed E-state index contributed by atoms with van der Waals surface area (Å²) in [6.07, 6.45) is 0. The molecule has 0 saturated carbocycles. The minimum Gasteiger partial charge on any atom is -0.394 e. The van der Waals surface area contributed by atoms with Crippen LogP contribution in [-0.2, 0) is 7.05 Å². The molecule has 156 valence electrons. The molecule has 1 aliphatic rings. The molecule has 0 radical (unpaired) electrons. The maximum Gasteiger partial charge on any atom is 0.269 e. The predicted octanol–water partition coefficient (Wildman–Crippen LogP) is 2.31. The van der Waals surface area contributed by atoms with Gasteiger partial charge >= 0.3 is 0 Å². The molecule has 3 heterocycles. The maximum atomic E-state index is 10.9. The van der Waals surface area contributed by atoms with E-state index in [1.54, 1.807) is 12.1 Å². The first-order valence-corrected chi connectivity index (χ1v) is 9.73. The number of nitro groups is 1. The Kier molecular flexibility index (Phi) is 4.98. The third kappa shape index (κ3) is 3.63.